The average Bonchev–Trinajstić information content (AvgIpc) is 3.58. The van der Waals surface area contributed by atoms with Gasteiger partial charge in [-0.2, -0.15) is 5.10 Å². The number of hydrogen-bond donors (Lipinski definition) is 2. The van der Waals surface area contributed by atoms with E-state index in [0.29, 0.717) is 18.0 Å². The Morgan fingerprint density at radius 3 is 2.65 bits per heavy atom. The van der Waals surface area contributed by atoms with Crippen LogP contribution in [-0.4, -0.2) is 39.9 Å². The number of hydrogen-bond acceptors (Lipinski definition) is 5. The second-order valence-corrected chi connectivity index (χ2v) is 8.42. The lowest BCUT2D eigenvalue weighted by Gasteiger charge is -2.26. The van der Waals surface area contributed by atoms with Crippen LogP contribution in [0.25, 0.3) is 11.0 Å². The van der Waals surface area contributed by atoms with Crippen LogP contribution in [0.15, 0.2) is 36.5 Å². The fourth-order valence-electron chi connectivity index (χ4n) is 4.28. The van der Waals surface area contributed by atoms with E-state index in [9.17, 15) is 4.79 Å². The summed E-state index contributed by atoms with van der Waals surface area (Å²) in [6, 6.07) is 10.3. The summed E-state index contributed by atoms with van der Waals surface area (Å²) in [6.07, 6.45) is 5.85. The lowest BCUT2D eigenvalue weighted by atomic mass is 10.0. The maximum atomic E-state index is 13.5. The lowest BCUT2D eigenvalue weighted by molar-refractivity contribution is 0.0903. The number of anilines is 1. The quantitative estimate of drug-likeness (QED) is 0.608. The van der Waals surface area contributed by atoms with Crippen molar-refractivity contribution >= 4 is 22.6 Å². The number of aryl methyl sites for hydroxylation is 1. The second kappa shape index (κ2) is 8.67. The first-order valence-corrected chi connectivity index (χ1v) is 11.3. The van der Waals surface area contributed by atoms with Crippen molar-refractivity contribution in [2.45, 2.75) is 57.7 Å². The highest BCUT2D eigenvalue weighted by Gasteiger charge is 2.34. The summed E-state index contributed by atoms with van der Waals surface area (Å²) in [5.74, 6) is 0.274. The van der Waals surface area contributed by atoms with Crippen LogP contribution in [0, 0.1) is 0 Å². The molecule has 1 amide bonds. The number of nitrogens with zero attached hydrogens (tertiary/aromatic N) is 3. The lowest BCUT2D eigenvalue weighted by Crippen LogP contribution is -2.31. The van der Waals surface area contributed by atoms with E-state index in [4.69, 9.17) is 9.72 Å². The van der Waals surface area contributed by atoms with Crippen molar-refractivity contribution in [3.8, 4) is 0 Å². The van der Waals surface area contributed by atoms with Gasteiger partial charge < -0.3 is 15.4 Å². The SMILES string of the molecule is CCn1ncc2c(NC3CCOCC3)c(C(=O)NCc3ccccc3)c(C3CC3)nc21. The molecule has 1 saturated heterocycles. The number of fused-ring (bicyclic) bond motifs is 1. The zero-order valence-electron chi connectivity index (χ0n) is 17.9. The van der Waals surface area contributed by atoms with Crippen molar-refractivity contribution in [2.24, 2.45) is 0 Å². The molecule has 2 aromatic heterocycles. The van der Waals surface area contributed by atoms with E-state index in [1.807, 2.05) is 41.2 Å². The molecule has 1 aliphatic carbocycles. The molecule has 1 saturated carbocycles. The molecule has 7 heteroatoms. The highest BCUT2D eigenvalue weighted by molar-refractivity contribution is 6.08. The summed E-state index contributed by atoms with van der Waals surface area (Å²) in [4.78, 5) is 18.5. The van der Waals surface area contributed by atoms with Crippen molar-refractivity contribution < 1.29 is 9.53 Å². The van der Waals surface area contributed by atoms with Crippen molar-refractivity contribution in [1.29, 1.82) is 0 Å². The molecule has 1 aliphatic heterocycles. The van der Waals surface area contributed by atoms with E-state index in [-0.39, 0.29) is 11.9 Å². The van der Waals surface area contributed by atoms with Crippen LogP contribution >= 0.6 is 0 Å². The summed E-state index contributed by atoms with van der Waals surface area (Å²) in [5, 5.41) is 12.3. The van der Waals surface area contributed by atoms with Gasteiger partial charge in [0.05, 0.1) is 28.5 Å². The van der Waals surface area contributed by atoms with Crippen LogP contribution in [0.4, 0.5) is 5.69 Å². The van der Waals surface area contributed by atoms with Crippen LogP contribution in [0.2, 0.25) is 0 Å². The van der Waals surface area contributed by atoms with Gasteiger partial charge in [0.25, 0.3) is 5.91 Å². The first-order valence-electron chi connectivity index (χ1n) is 11.3. The topological polar surface area (TPSA) is 81.1 Å². The first-order chi connectivity index (χ1) is 15.2. The molecule has 0 bridgehead atoms. The standard InChI is InChI=1S/C24H29N5O2/c1-2-29-23-19(15-26-29)22(27-18-10-12-31-13-11-18)20(21(28-23)17-8-9-17)24(30)25-14-16-6-4-3-5-7-16/h3-7,15,17-18H,2,8-14H2,1H3,(H,25,30)(H,27,28). The molecule has 0 atom stereocenters. The maximum Gasteiger partial charge on any atom is 0.255 e. The number of benzene rings is 1. The van der Waals surface area contributed by atoms with Crippen LogP contribution in [-0.2, 0) is 17.8 Å². The third-order valence-electron chi connectivity index (χ3n) is 6.17. The molecule has 7 nitrogen and oxygen atoms in total. The average molecular weight is 420 g/mol. The Balaban J connectivity index is 1.55. The molecule has 3 heterocycles. The third-order valence-corrected chi connectivity index (χ3v) is 6.17. The number of pyridine rings is 1. The Kier molecular flexibility index (Phi) is 5.59. The van der Waals surface area contributed by atoms with E-state index in [0.717, 1.165) is 73.4 Å². The molecule has 0 unspecified atom stereocenters. The number of aromatic nitrogens is 3. The third kappa shape index (κ3) is 4.14. The van der Waals surface area contributed by atoms with Crippen molar-refractivity contribution in [3.05, 3.63) is 53.3 Å². The van der Waals surface area contributed by atoms with Gasteiger partial charge in [-0.15, -0.1) is 0 Å². The number of amides is 1. The van der Waals surface area contributed by atoms with Gasteiger partial charge in [-0.3, -0.25) is 4.79 Å². The Morgan fingerprint density at radius 1 is 1.16 bits per heavy atom. The molecule has 2 fully saturated rings. The predicted molar refractivity (Wildman–Crippen MR) is 120 cm³/mol. The number of carbonyl (C=O) groups excluding carboxylic acids is 1. The Hall–Kier alpha value is -2.93. The number of nitrogens with one attached hydrogen (secondary N) is 2. The summed E-state index contributed by atoms with van der Waals surface area (Å²) in [7, 11) is 0. The summed E-state index contributed by atoms with van der Waals surface area (Å²) < 4.78 is 7.45. The van der Waals surface area contributed by atoms with E-state index >= 15 is 0 Å². The summed E-state index contributed by atoms with van der Waals surface area (Å²) >= 11 is 0. The molecule has 31 heavy (non-hydrogen) atoms. The van der Waals surface area contributed by atoms with Crippen LogP contribution < -0.4 is 10.6 Å². The van der Waals surface area contributed by atoms with Crippen molar-refractivity contribution in [2.75, 3.05) is 18.5 Å². The maximum absolute atomic E-state index is 13.5. The minimum absolute atomic E-state index is 0.0704. The minimum atomic E-state index is -0.0704. The highest BCUT2D eigenvalue weighted by Crippen LogP contribution is 2.44. The smallest absolute Gasteiger partial charge is 0.255 e. The Bertz CT molecular complexity index is 1070. The highest BCUT2D eigenvalue weighted by atomic mass is 16.5. The monoisotopic (exact) mass is 419 g/mol. The van der Waals surface area contributed by atoms with Crippen molar-refractivity contribution in [3.63, 3.8) is 0 Å². The largest absolute Gasteiger partial charge is 0.381 e. The molecular weight excluding hydrogens is 390 g/mol. The first kappa shape index (κ1) is 20.0. The van der Waals surface area contributed by atoms with Gasteiger partial charge in [0.2, 0.25) is 0 Å². The predicted octanol–water partition coefficient (Wildman–Crippen LogP) is 3.85. The molecule has 0 spiro atoms. The van der Waals surface area contributed by atoms with E-state index < -0.39 is 0 Å². The molecule has 0 radical (unpaired) electrons. The summed E-state index contributed by atoms with van der Waals surface area (Å²) in [5.41, 5.74) is 4.41. The van der Waals surface area contributed by atoms with E-state index in [2.05, 4.69) is 22.7 Å². The van der Waals surface area contributed by atoms with Gasteiger partial charge in [0, 0.05) is 38.3 Å². The Morgan fingerprint density at radius 2 is 1.94 bits per heavy atom. The molecule has 162 valence electrons. The van der Waals surface area contributed by atoms with Gasteiger partial charge in [0.15, 0.2) is 5.65 Å². The number of ether oxygens (including phenoxy) is 1. The van der Waals surface area contributed by atoms with Gasteiger partial charge in [-0.05, 0) is 38.2 Å². The number of rotatable bonds is 7. The van der Waals surface area contributed by atoms with E-state index in [1.165, 1.54) is 0 Å². The molecule has 3 aromatic rings. The van der Waals surface area contributed by atoms with Gasteiger partial charge in [-0.1, -0.05) is 30.3 Å². The molecule has 1 aromatic carbocycles. The zero-order chi connectivity index (χ0) is 21.2. The van der Waals surface area contributed by atoms with Crippen molar-refractivity contribution in [1.82, 2.24) is 20.1 Å². The molecular formula is C24H29N5O2. The van der Waals surface area contributed by atoms with Crippen LogP contribution in [0.1, 0.15) is 60.1 Å². The zero-order valence-corrected chi connectivity index (χ0v) is 17.9. The molecule has 2 aliphatic rings. The fraction of sp³-hybridized carbons (Fsp3) is 0.458. The Labute approximate surface area is 182 Å². The molecule has 2 N–H and O–H groups in total. The summed E-state index contributed by atoms with van der Waals surface area (Å²) in [6.45, 7) is 4.79. The van der Waals surface area contributed by atoms with E-state index in [1.54, 1.807) is 0 Å². The number of carbonyl (C=O) groups is 1. The van der Waals surface area contributed by atoms with Crippen LogP contribution in [0.5, 0.6) is 0 Å². The van der Waals surface area contributed by atoms with Crippen LogP contribution in [0.3, 0.4) is 0 Å². The molecule has 5 rings (SSSR count). The second-order valence-electron chi connectivity index (χ2n) is 8.42. The van der Waals surface area contributed by atoms with Gasteiger partial charge in [0.1, 0.15) is 0 Å². The normalized spacial score (nSPS) is 17.1. The minimum Gasteiger partial charge on any atom is -0.381 e. The van der Waals surface area contributed by atoms with Gasteiger partial charge >= 0.3 is 0 Å². The van der Waals surface area contributed by atoms with Gasteiger partial charge in [-0.25, -0.2) is 9.67 Å². The fourth-order valence-corrected chi connectivity index (χ4v) is 4.28.